The molecule has 0 aliphatic carbocycles. The summed E-state index contributed by atoms with van der Waals surface area (Å²) in [5.41, 5.74) is 6.75. The van der Waals surface area contributed by atoms with Crippen LogP contribution in [0.4, 0.5) is 0 Å². The average molecular weight is 748 g/mol. The van der Waals surface area contributed by atoms with Crippen molar-refractivity contribution >= 4 is 72.4 Å². The lowest BCUT2D eigenvalue weighted by molar-refractivity contribution is 1.17. The van der Waals surface area contributed by atoms with E-state index >= 15 is 0 Å². The van der Waals surface area contributed by atoms with Gasteiger partial charge < -0.3 is 9.13 Å². The molecule has 0 spiro atoms. The first-order valence-corrected chi connectivity index (χ1v) is 21.3. The first-order valence-electron chi connectivity index (χ1n) is 21.8. The molecule has 9 aromatic carbocycles. The van der Waals surface area contributed by atoms with E-state index in [1.807, 2.05) is 41.0 Å². The minimum Gasteiger partial charge on any atom is -0.309 e. The predicted molar refractivity (Wildman–Crippen MR) is 244 cm³/mol. The highest BCUT2D eigenvalue weighted by Gasteiger charge is 2.43. The van der Waals surface area contributed by atoms with E-state index in [0.29, 0.717) is 0 Å². The van der Waals surface area contributed by atoms with Gasteiger partial charge in [-0.1, -0.05) is 182 Å². The summed E-state index contributed by atoms with van der Waals surface area (Å²) in [4.78, 5) is 0. The molecule has 0 saturated heterocycles. The lowest BCUT2D eigenvalue weighted by Gasteiger charge is -2.35. The van der Waals surface area contributed by atoms with Gasteiger partial charge >= 0.3 is 0 Å². The summed E-state index contributed by atoms with van der Waals surface area (Å²) in [6.45, 7) is 0. The van der Waals surface area contributed by atoms with Crippen molar-refractivity contribution in [1.29, 1.82) is 0 Å². The molecule has 3 heteroatoms. The third-order valence-corrected chi connectivity index (χ3v) is 16.4. The maximum absolute atomic E-state index is 9.08. The lowest BCUT2D eigenvalue weighted by atomic mass is 9.99. The van der Waals surface area contributed by atoms with Gasteiger partial charge in [0.2, 0.25) is 0 Å². The molecular formula is C54H38N2Si. The molecule has 11 rings (SSSR count). The summed E-state index contributed by atoms with van der Waals surface area (Å²) in [5, 5.41) is 9.42. The van der Waals surface area contributed by atoms with Gasteiger partial charge in [-0.2, -0.15) is 0 Å². The minimum atomic E-state index is -2.95. The number of nitrogens with zero attached hydrogens (tertiary/aromatic N) is 2. The van der Waals surface area contributed by atoms with Crippen LogP contribution in [0.15, 0.2) is 230 Å². The molecule has 2 nitrogen and oxygen atoms in total. The van der Waals surface area contributed by atoms with Gasteiger partial charge in [-0.15, -0.1) is 0 Å². The van der Waals surface area contributed by atoms with E-state index < -0.39 is 14.1 Å². The van der Waals surface area contributed by atoms with E-state index in [1.54, 1.807) is 0 Å². The summed E-state index contributed by atoms with van der Waals surface area (Å²) in [7, 11) is -2.95. The first-order chi connectivity index (χ1) is 30.4. The lowest BCUT2D eigenvalue weighted by Crippen LogP contribution is -2.74. The highest BCUT2D eigenvalue weighted by molar-refractivity contribution is 7.20. The van der Waals surface area contributed by atoms with Crippen molar-refractivity contribution in [2.45, 2.75) is 0 Å². The van der Waals surface area contributed by atoms with Gasteiger partial charge in [-0.25, -0.2) is 0 Å². The van der Waals surface area contributed by atoms with Crippen LogP contribution < -0.4 is 20.7 Å². The number of hydrogen-bond acceptors (Lipinski definition) is 0. The molecule has 0 N–H and O–H groups in total. The van der Waals surface area contributed by atoms with E-state index in [9.17, 15) is 0 Å². The zero-order valence-electron chi connectivity index (χ0n) is 35.9. The fraction of sp³-hybridized carbons (Fsp3) is 0. The maximum Gasteiger partial charge on any atom is 0.180 e. The molecule has 0 fully saturated rings. The number of para-hydroxylation sites is 2. The monoisotopic (exact) mass is 747 g/mol. The van der Waals surface area contributed by atoms with Crippen molar-refractivity contribution in [2.24, 2.45) is 0 Å². The van der Waals surface area contributed by atoms with Crippen LogP contribution in [0.1, 0.15) is 6.85 Å². The molecule has 0 radical (unpaired) electrons. The molecule has 2 heterocycles. The van der Waals surface area contributed by atoms with E-state index in [0.717, 1.165) is 55.0 Å². The Morgan fingerprint density at radius 2 is 0.877 bits per heavy atom. The summed E-state index contributed by atoms with van der Waals surface area (Å²) in [5.74, 6) is 0. The summed E-state index contributed by atoms with van der Waals surface area (Å²) >= 11 is 0. The molecule has 0 bridgehead atoms. The molecule has 2 aromatic heterocycles. The van der Waals surface area contributed by atoms with Crippen LogP contribution >= 0.6 is 0 Å². The zero-order valence-corrected chi connectivity index (χ0v) is 31.9. The van der Waals surface area contributed by atoms with Gasteiger partial charge in [0.05, 0.1) is 28.9 Å². The van der Waals surface area contributed by atoms with Crippen molar-refractivity contribution in [1.82, 2.24) is 9.13 Å². The first kappa shape index (κ1) is 28.2. The smallest absolute Gasteiger partial charge is 0.180 e. The number of benzene rings is 9. The third-order valence-electron chi connectivity index (χ3n) is 11.5. The van der Waals surface area contributed by atoms with E-state index in [2.05, 4.69) is 168 Å². The van der Waals surface area contributed by atoms with Crippen LogP contribution in [0.2, 0.25) is 0 Å². The Hall–Kier alpha value is -7.20. The predicted octanol–water partition coefficient (Wildman–Crippen LogP) is 10.9. The molecule has 0 aliphatic rings. The van der Waals surface area contributed by atoms with Crippen molar-refractivity contribution < 1.29 is 6.85 Å². The van der Waals surface area contributed by atoms with E-state index in [4.69, 9.17) is 6.85 Å². The Morgan fingerprint density at radius 3 is 1.53 bits per heavy atom. The fourth-order valence-corrected chi connectivity index (χ4v) is 14.3. The average Bonchev–Trinajstić information content (AvgIpc) is 3.85. The molecule has 0 aliphatic heterocycles. The van der Waals surface area contributed by atoms with Crippen LogP contribution in [0.25, 0.3) is 66.1 Å². The second kappa shape index (κ2) is 13.5. The Balaban J connectivity index is 1.26. The van der Waals surface area contributed by atoms with E-state index in [-0.39, 0.29) is 29.9 Å². The molecule has 11 aromatic rings. The number of aromatic nitrogens is 2. The molecule has 0 amide bonds. The highest BCUT2D eigenvalue weighted by atomic mass is 28.3. The number of hydrogen-bond donors (Lipinski definition) is 0. The SMILES string of the molecule is [2H]c1c([2H])c([2H])c(-n2c3ccc(-n4c5ccccc5c5c([Si](c6ccccc6)(c6ccccc6)c6ccccc6)cccc54)cc3c3c(-c4ccccc4)cccc32)c([2H])c1[2H]. The molecule has 0 saturated carbocycles. The van der Waals surface area contributed by atoms with E-state index in [1.165, 1.54) is 26.1 Å². The topological polar surface area (TPSA) is 9.86 Å². The van der Waals surface area contributed by atoms with Crippen molar-refractivity contribution in [3.8, 4) is 22.5 Å². The Kier molecular flexibility index (Phi) is 6.70. The van der Waals surface area contributed by atoms with Gasteiger partial charge in [-0.3, -0.25) is 0 Å². The van der Waals surface area contributed by atoms with Gasteiger partial charge in [0, 0.05) is 32.9 Å². The normalized spacial score (nSPS) is 13.1. The van der Waals surface area contributed by atoms with Crippen LogP contribution in [0, 0.1) is 0 Å². The van der Waals surface area contributed by atoms with Gasteiger partial charge in [-0.05, 0) is 80.4 Å². The molecule has 57 heavy (non-hydrogen) atoms. The Labute approximate surface area is 340 Å². The highest BCUT2D eigenvalue weighted by Crippen LogP contribution is 2.41. The minimum absolute atomic E-state index is 0.125. The summed E-state index contributed by atoms with van der Waals surface area (Å²) in [6.07, 6.45) is 0. The second-order valence-electron chi connectivity index (χ2n) is 14.5. The molecular weight excluding hydrogens is 705 g/mol. The number of fused-ring (bicyclic) bond motifs is 6. The van der Waals surface area contributed by atoms with Crippen LogP contribution in [0.5, 0.6) is 0 Å². The van der Waals surface area contributed by atoms with Crippen LogP contribution in [-0.2, 0) is 0 Å². The summed E-state index contributed by atoms with van der Waals surface area (Å²) < 4.78 is 48.0. The van der Waals surface area contributed by atoms with Crippen molar-refractivity contribution in [2.75, 3.05) is 0 Å². The third kappa shape index (κ3) is 5.10. The fourth-order valence-electron chi connectivity index (χ4n) is 9.29. The number of rotatable bonds is 7. The molecule has 268 valence electrons. The Morgan fingerprint density at radius 1 is 0.368 bits per heavy atom. The quantitative estimate of drug-likeness (QED) is 0.114. The molecule has 0 atom stereocenters. The van der Waals surface area contributed by atoms with Crippen LogP contribution in [-0.4, -0.2) is 17.2 Å². The molecule has 0 unspecified atom stereocenters. The maximum atomic E-state index is 9.08. The van der Waals surface area contributed by atoms with Gasteiger partial charge in [0.15, 0.2) is 8.07 Å². The Bertz CT molecular complexity index is 3390. The zero-order chi connectivity index (χ0) is 42.1. The van der Waals surface area contributed by atoms with Crippen molar-refractivity contribution in [3.63, 3.8) is 0 Å². The standard InChI is InChI=1S/C54H38N2Si/c1-6-20-39(21-7-1)45-31-18-33-50-53(45)47-38-41(36-37-49(47)55(50)40-22-8-2-9-23-40)56-48-32-17-16-30-46(48)54-51(56)34-19-35-52(54)57(42-24-10-3-11-25-42,43-26-12-4-13-27-43)44-28-14-5-15-29-44/h1-38H/i2D,8D,9D,22D,23D. The van der Waals surface area contributed by atoms with Crippen LogP contribution in [0.3, 0.4) is 0 Å². The second-order valence-corrected chi connectivity index (χ2v) is 18.2. The summed E-state index contributed by atoms with van der Waals surface area (Å²) in [6, 6.07) is 69.5. The van der Waals surface area contributed by atoms with Crippen molar-refractivity contribution in [3.05, 3.63) is 230 Å². The van der Waals surface area contributed by atoms with Gasteiger partial charge in [0.25, 0.3) is 0 Å². The van der Waals surface area contributed by atoms with Gasteiger partial charge in [0.1, 0.15) is 0 Å². The largest absolute Gasteiger partial charge is 0.309 e.